The third-order valence-corrected chi connectivity index (χ3v) is 12.2. The van der Waals surface area contributed by atoms with Crippen molar-refractivity contribution >= 4 is 53.3 Å². The topological polar surface area (TPSA) is 358 Å². The van der Waals surface area contributed by atoms with Crippen LogP contribution in [-0.2, 0) is 51.2 Å². The lowest BCUT2D eigenvalue weighted by atomic mass is 9.96. The molecule has 0 radical (unpaired) electrons. The van der Waals surface area contributed by atoms with Crippen LogP contribution in [0.1, 0.15) is 91.3 Å². The van der Waals surface area contributed by atoms with E-state index in [-0.39, 0.29) is 62.9 Å². The summed E-state index contributed by atoms with van der Waals surface area (Å²) >= 11 is 0. The predicted octanol–water partition coefficient (Wildman–Crippen LogP) is -1.09. The number of carboxylic acid groups (broad SMARTS) is 1. The molecule has 1 aromatic carbocycles. The van der Waals surface area contributed by atoms with Gasteiger partial charge in [-0.1, -0.05) is 66.5 Å². The van der Waals surface area contributed by atoms with Crippen molar-refractivity contribution in [2.45, 2.75) is 135 Å². The fourth-order valence-electron chi connectivity index (χ4n) is 7.77. The molecule has 1 fully saturated rings. The number of likely N-dealkylation sites (N-methyl/N-ethyl adjacent to an activating group) is 1. The number of aromatic hydroxyl groups is 1. The highest BCUT2D eigenvalue weighted by Gasteiger charge is 2.41. The molecule has 1 aromatic heterocycles. The zero-order chi connectivity index (χ0) is 51.4. The quantitative estimate of drug-likeness (QED) is 0.0274. The minimum Gasteiger partial charge on any atom is -0.508 e. The Balaban J connectivity index is 1.92. The van der Waals surface area contributed by atoms with Gasteiger partial charge in [-0.15, -0.1) is 0 Å². The molecule has 0 spiro atoms. The number of nitrogens with one attached hydrogen (secondary N) is 8. The van der Waals surface area contributed by atoms with E-state index in [0.29, 0.717) is 36.9 Å². The molecule has 69 heavy (non-hydrogen) atoms. The first-order valence-corrected chi connectivity index (χ1v) is 23.5. The first-order chi connectivity index (χ1) is 32.7. The number of hydrogen-bond donors (Lipinski definition) is 12. The molecule has 14 N–H and O–H groups in total. The highest BCUT2D eigenvalue weighted by molar-refractivity contribution is 5.98. The predicted molar refractivity (Wildman–Crippen MR) is 256 cm³/mol. The van der Waals surface area contributed by atoms with Gasteiger partial charge in [0.05, 0.1) is 12.9 Å². The van der Waals surface area contributed by atoms with E-state index in [4.69, 9.17) is 11.5 Å². The third-order valence-electron chi connectivity index (χ3n) is 12.2. The molecule has 0 bridgehead atoms. The zero-order valence-corrected chi connectivity index (χ0v) is 40.7. The van der Waals surface area contributed by atoms with Crippen LogP contribution >= 0.6 is 0 Å². The second-order valence-corrected chi connectivity index (χ2v) is 17.9. The number of carbonyl (C=O) groups excluding carboxylic acids is 7. The average molecular weight is 968 g/mol. The summed E-state index contributed by atoms with van der Waals surface area (Å²) in [5, 5.41) is 38.9. The molecule has 2 heterocycles. The number of aromatic nitrogens is 2. The van der Waals surface area contributed by atoms with Crippen molar-refractivity contribution in [2.75, 3.05) is 26.7 Å². The van der Waals surface area contributed by atoms with Gasteiger partial charge < -0.3 is 68.8 Å². The number of carbonyl (C=O) groups is 8. The number of benzene rings is 1. The van der Waals surface area contributed by atoms with E-state index in [1.807, 2.05) is 13.8 Å². The van der Waals surface area contributed by atoms with E-state index in [0.717, 1.165) is 0 Å². The lowest BCUT2D eigenvalue weighted by Gasteiger charge is -2.32. The Labute approximate surface area is 402 Å². The molecule has 23 heteroatoms. The summed E-state index contributed by atoms with van der Waals surface area (Å²) in [6.45, 7) is 10.7. The largest absolute Gasteiger partial charge is 0.508 e. The number of aliphatic imine (C=N–C) groups is 1. The number of aliphatic carboxylic acids is 1. The monoisotopic (exact) mass is 968 g/mol. The summed E-state index contributed by atoms with van der Waals surface area (Å²) in [5.74, 6) is -7.40. The number of guanidine groups is 1. The Bertz CT molecular complexity index is 2060. The van der Waals surface area contributed by atoms with Gasteiger partial charge in [0.15, 0.2) is 5.96 Å². The minimum absolute atomic E-state index is 0.0369. The fraction of sp³-hybridized carbons (Fsp3) is 0.609. The van der Waals surface area contributed by atoms with Crippen LogP contribution in [0, 0.1) is 17.8 Å². The number of nitrogens with two attached hydrogens (primary N) is 2. The standard InChI is InChI=1S/C46H73N13O10/c1-8-26(5)37(43(66)55-33(21-29-22-50-24-52-29)44(67)59-19-11-13-34(59)41(64)58-38(45(68)69)27(6)9-2)57-40(63)32(20-28-14-16-30(60)17-15-28)54-42(65)36(25(3)4)56-39(62)31(53-35(61)23-49-7)12-10-18-51-46(47)48/h14-17,22,24-27,31-34,36-38,49,60H,8-13,18-21,23H2,1-7H3,(H,50,52)(H,53,61)(H,54,65)(H,55,66)(H,56,62)(H,57,63)(H,58,64)(H,68,69)(H4,47,48,51)/t26-,27-,31+,32+,33-,34-,36-,37-,38-/m0/s1. The molecule has 7 amide bonds. The van der Waals surface area contributed by atoms with E-state index in [9.17, 15) is 48.6 Å². The van der Waals surface area contributed by atoms with Crippen LogP contribution in [-0.4, -0.2) is 147 Å². The molecule has 1 saturated heterocycles. The maximum Gasteiger partial charge on any atom is 0.326 e. The molecule has 1 aliphatic rings. The summed E-state index contributed by atoms with van der Waals surface area (Å²) in [4.78, 5) is 122. The molecule has 23 nitrogen and oxygen atoms in total. The number of phenols is 1. The average Bonchev–Trinajstić information content (AvgIpc) is 4.02. The molecule has 3 rings (SSSR count). The molecule has 382 valence electrons. The summed E-state index contributed by atoms with van der Waals surface area (Å²) in [6, 6.07) is -2.38. The van der Waals surface area contributed by atoms with Crippen molar-refractivity contribution in [2.24, 2.45) is 34.2 Å². The van der Waals surface area contributed by atoms with Crippen LogP contribution in [0.25, 0.3) is 0 Å². The Morgan fingerprint density at radius 2 is 1.41 bits per heavy atom. The number of likely N-dealkylation sites (tertiary alicyclic amines) is 1. The van der Waals surface area contributed by atoms with E-state index in [1.165, 1.54) is 29.6 Å². The molecule has 2 aromatic rings. The number of H-pyrrole nitrogens is 1. The highest BCUT2D eigenvalue weighted by atomic mass is 16.4. The van der Waals surface area contributed by atoms with Crippen molar-refractivity contribution in [3.8, 4) is 5.75 Å². The van der Waals surface area contributed by atoms with Crippen molar-refractivity contribution < 1.29 is 48.6 Å². The zero-order valence-electron chi connectivity index (χ0n) is 40.7. The molecular formula is C46H73N13O10. The van der Waals surface area contributed by atoms with Crippen LogP contribution in [0.2, 0.25) is 0 Å². The molecule has 9 atom stereocenters. The number of rotatable bonds is 28. The van der Waals surface area contributed by atoms with Gasteiger partial charge in [-0.05, 0) is 68.2 Å². The van der Waals surface area contributed by atoms with E-state index >= 15 is 0 Å². The number of imidazole rings is 1. The fourth-order valence-corrected chi connectivity index (χ4v) is 7.77. The number of carboxylic acids is 1. The molecule has 0 unspecified atom stereocenters. The SMILES string of the molecule is CC[C@H](C)[C@H](NC(=O)[C@@H]1CCCN1C(=O)[C@H](Cc1cnc[nH]1)NC(=O)[C@@H](NC(=O)[C@@H](Cc1ccc(O)cc1)NC(=O)[C@@H](NC(=O)[C@@H](CCCN=C(N)N)NC(=O)CNC)C(C)C)[C@@H](C)CC)C(=O)O. The van der Waals surface area contributed by atoms with Crippen LogP contribution in [0.3, 0.4) is 0 Å². The smallest absolute Gasteiger partial charge is 0.326 e. The number of hydrogen-bond acceptors (Lipinski definition) is 12. The van der Waals surface area contributed by atoms with Gasteiger partial charge in [0.25, 0.3) is 0 Å². The van der Waals surface area contributed by atoms with Gasteiger partial charge in [0.1, 0.15) is 48.0 Å². The molecular weight excluding hydrogens is 895 g/mol. The van der Waals surface area contributed by atoms with Gasteiger partial charge >= 0.3 is 5.97 Å². The van der Waals surface area contributed by atoms with Gasteiger partial charge in [0, 0.05) is 37.8 Å². The number of nitrogens with zero attached hydrogens (tertiary/aromatic N) is 3. The van der Waals surface area contributed by atoms with Crippen molar-refractivity contribution in [1.82, 2.24) is 52.1 Å². The summed E-state index contributed by atoms with van der Waals surface area (Å²) < 4.78 is 0. The van der Waals surface area contributed by atoms with Crippen molar-refractivity contribution in [1.29, 1.82) is 0 Å². The van der Waals surface area contributed by atoms with E-state index in [2.05, 4.69) is 52.2 Å². The number of phenolic OH excluding ortho intramolecular Hbond substituents is 1. The summed E-state index contributed by atoms with van der Waals surface area (Å²) in [5.41, 5.74) is 11.9. The van der Waals surface area contributed by atoms with Crippen molar-refractivity contribution in [3.05, 3.63) is 48.0 Å². The maximum absolute atomic E-state index is 14.5. The lowest BCUT2D eigenvalue weighted by molar-refractivity contribution is -0.146. The second-order valence-electron chi connectivity index (χ2n) is 17.9. The normalized spacial score (nSPS) is 16.9. The Morgan fingerprint density at radius 1 is 0.797 bits per heavy atom. The van der Waals surface area contributed by atoms with Crippen molar-refractivity contribution in [3.63, 3.8) is 0 Å². The highest BCUT2D eigenvalue weighted by Crippen LogP contribution is 2.22. The van der Waals surface area contributed by atoms with E-state index in [1.54, 1.807) is 46.9 Å². The summed E-state index contributed by atoms with van der Waals surface area (Å²) in [7, 11) is 1.57. The van der Waals surface area contributed by atoms with Gasteiger partial charge in [-0.2, -0.15) is 0 Å². The minimum atomic E-state index is -1.35. The lowest BCUT2D eigenvalue weighted by Crippen LogP contribution is -2.62. The van der Waals surface area contributed by atoms with Gasteiger partial charge in [0.2, 0.25) is 41.4 Å². The van der Waals surface area contributed by atoms with Gasteiger partial charge in [-0.3, -0.25) is 38.6 Å². The van der Waals surface area contributed by atoms with Gasteiger partial charge in [-0.25, -0.2) is 9.78 Å². The molecule has 0 aliphatic carbocycles. The maximum atomic E-state index is 14.5. The van der Waals surface area contributed by atoms with Crippen LogP contribution in [0.15, 0.2) is 41.8 Å². The molecule has 1 aliphatic heterocycles. The molecule has 0 saturated carbocycles. The first-order valence-electron chi connectivity index (χ1n) is 23.5. The van der Waals surface area contributed by atoms with Crippen LogP contribution in [0.5, 0.6) is 5.75 Å². The first kappa shape index (κ1) is 56.5. The Morgan fingerprint density at radius 3 is 1.99 bits per heavy atom. The third kappa shape index (κ3) is 17.7. The Hall–Kier alpha value is -6.78. The second kappa shape index (κ2) is 27.9. The van der Waals surface area contributed by atoms with E-state index < -0.39 is 101 Å². The number of aromatic amines is 1. The van der Waals surface area contributed by atoms with Crippen LogP contribution in [0.4, 0.5) is 0 Å². The Kier molecular flexibility index (Phi) is 22.9. The summed E-state index contributed by atoms with van der Waals surface area (Å²) in [6.07, 6.45) is 4.75. The number of amides is 7. The van der Waals surface area contributed by atoms with Crippen LogP contribution < -0.4 is 48.7 Å².